The molecule has 0 bridgehead atoms. The van der Waals surface area contributed by atoms with Gasteiger partial charge in [-0.25, -0.2) is 0 Å². The first-order chi connectivity index (χ1) is 12.1. The van der Waals surface area contributed by atoms with E-state index in [1.165, 1.54) is 10.6 Å². The number of amides is 1. The zero-order valence-electron chi connectivity index (χ0n) is 14.5. The predicted molar refractivity (Wildman–Crippen MR) is 91.9 cm³/mol. The summed E-state index contributed by atoms with van der Waals surface area (Å²) in [6.07, 6.45) is 7.88. The molecule has 3 rings (SSSR count). The number of pyridine rings is 1. The first kappa shape index (κ1) is 17.4. The summed E-state index contributed by atoms with van der Waals surface area (Å²) in [5.41, 5.74) is -0.666. The van der Waals surface area contributed by atoms with Gasteiger partial charge >= 0.3 is 0 Å². The molecule has 0 atom stereocenters. The van der Waals surface area contributed by atoms with Gasteiger partial charge < -0.3 is 14.4 Å². The highest BCUT2D eigenvalue weighted by molar-refractivity contribution is 5.76. The number of rotatable bonds is 5. The first-order valence-corrected chi connectivity index (χ1v) is 8.86. The molecule has 0 aliphatic heterocycles. The number of carbonyl (C=O) groups is 1. The third-order valence-corrected chi connectivity index (χ3v) is 4.77. The molecule has 2 aromatic heterocycles. The van der Waals surface area contributed by atoms with E-state index in [1.807, 2.05) is 0 Å². The van der Waals surface area contributed by atoms with Crippen LogP contribution in [0.3, 0.4) is 0 Å². The Labute approximate surface area is 146 Å². The number of nitrogens with zero attached hydrogens (tertiary/aromatic N) is 3. The van der Waals surface area contributed by atoms with Crippen molar-refractivity contribution in [2.75, 3.05) is 0 Å². The summed E-state index contributed by atoms with van der Waals surface area (Å²) in [7, 11) is 0. The smallest absolute Gasteiger partial charge is 0.250 e. The van der Waals surface area contributed by atoms with Gasteiger partial charge in [0.25, 0.3) is 5.56 Å². The van der Waals surface area contributed by atoms with Gasteiger partial charge in [-0.3, -0.25) is 9.59 Å². The quantitative estimate of drug-likeness (QED) is 0.841. The SMILES string of the molecule is Cc1nc(C2(NC(=O)CCn3ccccc3=O)CCCCCC2)no1. The lowest BCUT2D eigenvalue weighted by Gasteiger charge is -2.30. The van der Waals surface area contributed by atoms with Gasteiger partial charge in [0, 0.05) is 32.2 Å². The number of aryl methyl sites for hydroxylation is 2. The van der Waals surface area contributed by atoms with E-state index in [4.69, 9.17) is 4.52 Å². The highest BCUT2D eigenvalue weighted by Gasteiger charge is 2.38. The molecule has 2 heterocycles. The minimum Gasteiger partial charge on any atom is -0.343 e. The van der Waals surface area contributed by atoms with Crippen molar-refractivity contribution in [3.8, 4) is 0 Å². The molecule has 0 spiro atoms. The maximum absolute atomic E-state index is 12.6. The second kappa shape index (κ2) is 7.63. The molecule has 1 aliphatic rings. The van der Waals surface area contributed by atoms with Crippen molar-refractivity contribution in [2.45, 2.75) is 64.0 Å². The highest BCUT2D eigenvalue weighted by Crippen LogP contribution is 2.34. The summed E-state index contributed by atoms with van der Waals surface area (Å²) in [6, 6.07) is 4.97. The average Bonchev–Trinajstić information content (AvgIpc) is 2.90. The van der Waals surface area contributed by atoms with Gasteiger partial charge in [-0.1, -0.05) is 36.9 Å². The molecule has 0 radical (unpaired) electrons. The molecule has 7 nitrogen and oxygen atoms in total. The Kier molecular flexibility index (Phi) is 5.31. The molecule has 1 aliphatic carbocycles. The number of hydrogen-bond donors (Lipinski definition) is 1. The minimum absolute atomic E-state index is 0.0971. The Balaban J connectivity index is 1.72. The van der Waals surface area contributed by atoms with Crippen LogP contribution in [0.1, 0.15) is 56.7 Å². The fourth-order valence-electron chi connectivity index (χ4n) is 3.43. The molecule has 0 unspecified atom stereocenters. The van der Waals surface area contributed by atoms with Crippen LogP contribution in [0, 0.1) is 6.92 Å². The number of carbonyl (C=O) groups excluding carboxylic acids is 1. The topological polar surface area (TPSA) is 90.0 Å². The zero-order chi connectivity index (χ0) is 17.7. The lowest BCUT2D eigenvalue weighted by molar-refractivity contribution is -0.123. The maximum Gasteiger partial charge on any atom is 0.250 e. The predicted octanol–water partition coefficient (Wildman–Crippen LogP) is 2.30. The zero-order valence-corrected chi connectivity index (χ0v) is 14.5. The molecule has 25 heavy (non-hydrogen) atoms. The van der Waals surface area contributed by atoms with Crippen molar-refractivity contribution in [3.63, 3.8) is 0 Å². The van der Waals surface area contributed by atoms with Gasteiger partial charge in [0.05, 0.1) is 0 Å². The van der Waals surface area contributed by atoms with E-state index >= 15 is 0 Å². The Morgan fingerprint density at radius 1 is 1.28 bits per heavy atom. The Morgan fingerprint density at radius 3 is 2.68 bits per heavy atom. The Hall–Kier alpha value is -2.44. The summed E-state index contributed by atoms with van der Waals surface area (Å²) in [5.74, 6) is 0.973. The monoisotopic (exact) mass is 344 g/mol. The number of nitrogens with one attached hydrogen (secondary N) is 1. The van der Waals surface area contributed by atoms with Crippen LogP contribution in [0.15, 0.2) is 33.7 Å². The lowest BCUT2D eigenvalue weighted by Crippen LogP contribution is -2.46. The van der Waals surface area contributed by atoms with Gasteiger partial charge in [0.1, 0.15) is 5.54 Å². The lowest BCUT2D eigenvalue weighted by atomic mass is 9.89. The van der Waals surface area contributed by atoms with E-state index in [0.29, 0.717) is 18.3 Å². The van der Waals surface area contributed by atoms with Crippen molar-refractivity contribution in [2.24, 2.45) is 0 Å². The molecule has 1 fully saturated rings. The van der Waals surface area contributed by atoms with Gasteiger partial charge in [0.15, 0.2) is 5.82 Å². The standard InChI is InChI=1S/C18H24N4O3/c1-14-19-17(21-25-14)18(10-5-2-3-6-11-18)20-15(23)9-13-22-12-7-4-8-16(22)24/h4,7-8,12H,2-3,5-6,9-11,13H2,1H3,(H,20,23). The van der Waals surface area contributed by atoms with Crippen LogP contribution in [0.5, 0.6) is 0 Å². The normalized spacial score (nSPS) is 17.0. The molecular formula is C18H24N4O3. The van der Waals surface area contributed by atoms with Crippen LogP contribution in [0.2, 0.25) is 0 Å². The van der Waals surface area contributed by atoms with E-state index in [0.717, 1.165) is 38.5 Å². The largest absolute Gasteiger partial charge is 0.343 e. The Morgan fingerprint density at radius 2 is 2.04 bits per heavy atom. The highest BCUT2D eigenvalue weighted by atomic mass is 16.5. The van der Waals surface area contributed by atoms with Gasteiger partial charge in [-0.05, 0) is 18.9 Å². The van der Waals surface area contributed by atoms with Crippen molar-refractivity contribution in [1.29, 1.82) is 0 Å². The minimum atomic E-state index is -0.563. The average molecular weight is 344 g/mol. The van der Waals surface area contributed by atoms with Crippen LogP contribution >= 0.6 is 0 Å². The molecule has 0 saturated heterocycles. The van der Waals surface area contributed by atoms with Crippen molar-refractivity contribution >= 4 is 5.91 Å². The fraction of sp³-hybridized carbons (Fsp3) is 0.556. The van der Waals surface area contributed by atoms with E-state index in [9.17, 15) is 9.59 Å². The molecule has 134 valence electrons. The van der Waals surface area contributed by atoms with Gasteiger partial charge in [-0.15, -0.1) is 0 Å². The van der Waals surface area contributed by atoms with Crippen LogP contribution in [-0.2, 0) is 16.9 Å². The molecular weight excluding hydrogens is 320 g/mol. The molecule has 1 amide bonds. The van der Waals surface area contributed by atoms with Crippen LogP contribution in [0.25, 0.3) is 0 Å². The molecule has 1 N–H and O–H groups in total. The summed E-state index contributed by atoms with van der Waals surface area (Å²) < 4.78 is 6.69. The van der Waals surface area contributed by atoms with Crippen LogP contribution in [-0.4, -0.2) is 20.6 Å². The fourth-order valence-corrected chi connectivity index (χ4v) is 3.43. The van der Waals surface area contributed by atoms with Crippen molar-refractivity contribution < 1.29 is 9.32 Å². The maximum atomic E-state index is 12.6. The van der Waals surface area contributed by atoms with E-state index in [1.54, 1.807) is 25.3 Å². The first-order valence-electron chi connectivity index (χ1n) is 8.86. The molecule has 0 aromatic carbocycles. The van der Waals surface area contributed by atoms with Gasteiger partial charge in [-0.2, -0.15) is 4.98 Å². The van der Waals surface area contributed by atoms with Gasteiger partial charge in [0.2, 0.25) is 11.8 Å². The second-order valence-corrected chi connectivity index (χ2v) is 6.66. The van der Waals surface area contributed by atoms with Crippen LogP contribution in [0.4, 0.5) is 0 Å². The van der Waals surface area contributed by atoms with E-state index in [-0.39, 0.29) is 17.9 Å². The molecule has 7 heteroatoms. The van der Waals surface area contributed by atoms with Crippen molar-refractivity contribution in [3.05, 3.63) is 46.5 Å². The third kappa shape index (κ3) is 4.15. The summed E-state index contributed by atoms with van der Waals surface area (Å²) in [4.78, 5) is 28.7. The molecule has 1 saturated carbocycles. The van der Waals surface area contributed by atoms with E-state index in [2.05, 4.69) is 15.5 Å². The summed E-state index contributed by atoms with van der Waals surface area (Å²) in [5, 5.41) is 7.24. The van der Waals surface area contributed by atoms with Crippen LogP contribution < -0.4 is 10.9 Å². The van der Waals surface area contributed by atoms with E-state index < -0.39 is 5.54 Å². The number of aromatic nitrogens is 3. The van der Waals surface area contributed by atoms with Crippen molar-refractivity contribution in [1.82, 2.24) is 20.0 Å². The Bertz CT molecular complexity index is 772. The summed E-state index contributed by atoms with van der Waals surface area (Å²) >= 11 is 0. The second-order valence-electron chi connectivity index (χ2n) is 6.66. The third-order valence-electron chi connectivity index (χ3n) is 4.77. The summed E-state index contributed by atoms with van der Waals surface area (Å²) in [6.45, 7) is 2.11. The molecule has 2 aromatic rings. The number of hydrogen-bond acceptors (Lipinski definition) is 5.